The molecule has 0 aromatic carbocycles. The largest absolute Gasteiger partial charge is 0.394 e. The van der Waals surface area contributed by atoms with Crippen molar-refractivity contribution in [2.75, 3.05) is 26.4 Å². The summed E-state index contributed by atoms with van der Waals surface area (Å²) in [5, 5.41) is 121. The maximum absolute atomic E-state index is 13.5. The first-order chi connectivity index (χ1) is 48.8. The minimum Gasteiger partial charge on any atom is -0.394 e. The molecule has 3 aliphatic rings. The van der Waals surface area contributed by atoms with Gasteiger partial charge in [0, 0.05) is 6.42 Å². The van der Waals surface area contributed by atoms with Crippen LogP contribution in [0.15, 0.2) is 60.8 Å². The minimum atomic E-state index is -1.98. The Bertz CT molecular complexity index is 2040. The van der Waals surface area contributed by atoms with Crippen molar-refractivity contribution >= 4 is 5.91 Å². The van der Waals surface area contributed by atoms with Gasteiger partial charge < -0.3 is 89.9 Å². The van der Waals surface area contributed by atoms with E-state index in [0.717, 1.165) is 77.0 Å². The number of aliphatic hydroxyl groups is 11. The third kappa shape index (κ3) is 41.4. The smallest absolute Gasteiger partial charge is 0.220 e. The van der Waals surface area contributed by atoms with Crippen LogP contribution in [0.3, 0.4) is 0 Å². The highest BCUT2D eigenvalue weighted by Gasteiger charge is 2.54. The summed E-state index contributed by atoms with van der Waals surface area (Å²) in [7, 11) is 0. The molecule has 12 N–H and O–H groups in total. The summed E-state index contributed by atoms with van der Waals surface area (Å²) in [6, 6.07) is -0.977. The number of ether oxygens (including phenoxy) is 6. The van der Waals surface area contributed by atoms with Crippen LogP contribution >= 0.6 is 0 Å². The number of hydrogen-bond acceptors (Lipinski definition) is 18. The Morgan fingerprint density at radius 1 is 0.370 bits per heavy atom. The molecule has 100 heavy (non-hydrogen) atoms. The Hall–Kier alpha value is -2.51. The normalized spacial score (nSPS) is 26.8. The fourth-order valence-corrected chi connectivity index (χ4v) is 13.6. The molecule has 0 aromatic rings. The van der Waals surface area contributed by atoms with Crippen LogP contribution in [-0.2, 0) is 33.2 Å². The standard InChI is InChI=1S/C81H147NO18/c1-3-5-7-9-11-13-15-17-19-21-23-25-27-29-31-33-34-36-38-40-42-44-46-48-50-52-54-56-58-65(86)64(82-69(87)59-57-55-53-51-49-47-45-43-41-39-37-35-32-30-28-26-24-22-20-18-16-14-12-10-8-6-4-2)63-95-79-75(93)72(90)77(67(61-84)97-79)100-81-76(94)73(91)78(68(62-85)98-81)99-80-74(92)71(89)70(88)66(60-83)96-80/h6,8,12,14,18,20,24,26,56,58,64-68,70-81,83-86,88-94H,3-5,7,9-11,13,15-17,19,21-23,25,27-55,57,59-63H2,1-2H3,(H,82,87)/b8-6-,14-12-,20-18-,26-24-,58-56+. The maximum Gasteiger partial charge on any atom is 0.220 e. The molecule has 3 saturated heterocycles. The third-order valence-corrected chi connectivity index (χ3v) is 20.1. The van der Waals surface area contributed by atoms with Gasteiger partial charge >= 0.3 is 0 Å². The van der Waals surface area contributed by atoms with Crippen molar-refractivity contribution in [2.45, 2.75) is 420 Å². The monoisotopic (exact) mass is 1420 g/mol. The molecule has 0 radical (unpaired) electrons. The predicted octanol–water partition coefficient (Wildman–Crippen LogP) is 13.5. The van der Waals surface area contributed by atoms with Crippen molar-refractivity contribution in [1.82, 2.24) is 5.32 Å². The van der Waals surface area contributed by atoms with Gasteiger partial charge in [0.05, 0.1) is 38.6 Å². The van der Waals surface area contributed by atoms with E-state index in [9.17, 15) is 61.0 Å². The Morgan fingerprint density at radius 2 is 0.690 bits per heavy atom. The van der Waals surface area contributed by atoms with Crippen molar-refractivity contribution < 1.29 is 89.4 Å². The lowest BCUT2D eigenvalue weighted by Gasteiger charge is -2.48. The van der Waals surface area contributed by atoms with Crippen LogP contribution in [0.5, 0.6) is 0 Å². The van der Waals surface area contributed by atoms with Crippen LogP contribution < -0.4 is 5.32 Å². The van der Waals surface area contributed by atoms with Gasteiger partial charge in [0.25, 0.3) is 0 Å². The van der Waals surface area contributed by atoms with E-state index < -0.39 is 124 Å². The van der Waals surface area contributed by atoms with Gasteiger partial charge in [-0.2, -0.15) is 0 Å². The first-order valence-electron chi connectivity index (χ1n) is 40.5. The molecular weight excluding hydrogens is 1270 g/mol. The highest BCUT2D eigenvalue weighted by atomic mass is 16.8. The van der Waals surface area contributed by atoms with Crippen LogP contribution in [-0.4, -0.2) is 193 Å². The molecule has 3 rings (SSSR count). The molecule has 0 bridgehead atoms. The number of allylic oxidation sites excluding steroid dienone is 9. The number of hydrogen-bond donors (Lipinski definition) is 12. The quantitative estimate of drug-likeness (QED) is 0.0199. The first-order valence-corrected chi connectivity index (χ1v) is 40.5. The summed E-state index contributed by atoms with van der Waals surface area (Å²) in [5.41, 5.74) is 0. The molecule has 17 atom stereocenters. The van der Waals surface area contributed by atoms with Gasteiger partial charge in [0.1, 0.15) is 73.2 Å². The van der Waals surface area contributed by atoms with Gasteiger partial charge in [-0.15, -0.1) is 0 Å². The van der Waals surface area contributed by atoms with Gasteiger partial charge in [-0.1, -0.05) is 312 Å². The molecule has 0 saturated carbocycles. The molecule has 0 aromatic heterocycles. The minimum absolute atomic E-state index is 0.241. The lowest BCUT2D eigenvalue weighted by Crippen LogP contribution is -2.66. The van der Waals surface area contributed by atoms with Crippen molar-refractivity contribution in [1.29, 1.82) is 0 Å². The topological polar surface area (TPSA) is 307 Å². The van der Waals surface area contributed by atoms with E-state index in [1.807, 2.05) is 6.08 Å². The molecule has 0 aliphatic carbocycles. The van der Waals surface area contributed by atoms with E-state index in [4.69, 9.17) is 28.4 Å². The number of rotatable bonds is 64. The van der Waals surface area contributed by atoms with Crippen LogP contribution in [0.4, 0.5) is 0 Å². The fraction of sp³-hybridized carbons (Fsp3) is 0.864. The fourth-order valence-electron chi connectivity index (χ4n) is 13.6. The zero-order chi connectivity index (χ0) is 72.5. The van der Waals surface area contributed by atoms with E-state index in [1.54, 1.807) is 6.08 Å². The van der Waals surface area contributed by atoms with E-state index in [2.05, 4.69) is 67.8 Å². The molecule has 584 valence electrons. The zero-order valence-electron chi connectivity index (χ0n) is 62.4. The highest BCUT2D eigenvalue weighted by Crippen LogP contribution is 2.33. The molecule has 19 heteroatoms. The third-order valence-electron chi connectivity index (χ3n) is 20.1. The highest BCUT2D eigenvalue weighted by molar-refractivity contribution is 5.76. The van der Waals surface area contributed by atoms with Gasteiger partial charge in [0.2, 0.25) is 5.91 Å². The second-order valence-electron chi connectivity index (χ2n) is 28.9. The van der Waals surface area contributed by atoms with Gasteiger partial charge in [-0.25, -0.2) is 0 Å². The summed E-state index contributed by atoms with van der Waals surface area (Å²) in [6.07, 6.45) is 52.0. The summed E-state index contributed by atoms with van der Waals surface area (Å²) >= 11 is 0. The summed E-state index contributed by atoms with van der Waals surface area (Å²) in [5.74, 6) is -0.274. The molecule has 0 spiro atoms. The van der Waals surface area contributed by atoms with Gasteiger partial charge in [0.15, 0.2) is 18.9 Å². The first kappa shape index (κ1) is 91.7. The number of carbonyl (C=O) groups is 1. The molecule has 3 heterocycles. The number of carbonyl (C=O) groups excluding carboxylic acids is 1. The number of unbranched alkanes of at least 4 members (excludes halogenated alkanes) is 40. The average Bonchev–Trinajstić information content (AvgIpc) is 0.783. The van der Waals surface area contributed by atoms with E-state index >= 15 is 0 Å². The van der Waals surface area contributed by atoms with Crippen LogP contribution in [0, 0.1) is 0 Å². The average molecular weight is 1420 g/mol. The number of amides is 1. The second-order valence-corrected chi connectivity index (χ2v) is 28.9. The number of nitrogens with one attached hydrogen (secondary N) is 1. The maximum atomic E-state index is 13.5. The Balaban J connectivity index is 1.38. The Kier molecular flexibility index (Phi) is 56.5. The van der Waals surface area contributed by atoms with Crippen LogP contribution in [0.25, 0.3) is 0 Å². The Morgan fingerprint density at radius 3 is 1.08 bits per heavy atom. The summed E-state index contributed by atoms with van der Waals surface area (Å²) < 4.78 is 34.5. The molecule has 17 unspecified atom stereocenters. The molecule has 3 aliphatic heterocycles. The van der Waals surface area contributed by atoms with Crippen molar-refractivity contribution in [3.63, 3.8) is 0 Å². The van der Waals surface area contributed by atoms with Crippen LogP contribution in [0.2, 0.25) is 0 Å². The van der Waals surface area contributed by atoms with Gasteiger partial charge in [-0.3, -0.25) is 4.79 Å². The summed E-state index contributed by atoms with van der Waals surface area (Å²) in [6.45, 7) is 1.67. The van der Waals surface area contributed by atoms with E-state index in [1.165, 1.54) is 212 Å². The van der Waals surface area contributed by atoms with Crippen molar-refractivity contribution in [2.24, 2.45) is 0 Å². The van der Waals surface area contributed by atoms with Crippen molar-refractivity contribution in [3.8, 4) is 0 Å². The molecule has 3 fully saturated rings. The second kappa shape index (κ2) is 61.6. The number of aliphatic hydroxyl groups excluding tert-OH is 11. The van der Waals surface area contributed by atoms with Gasteiger partial charge in [-0.05, 0) is 57.8 Å². The predicted molar refractivity (Wildman–Crippen MR) is 397 cm³/mol. The molecular formula is C81H147NO18. The van der Waals surface area contributed by atoms with E-state index in [0.29, 0.717) is 6.42 Å². The van der Waals surface area contributed by atoms with Crippen LogP contribution in [0.1, 0.15) is 316 Å². The molecule has 1 amide bonds. The lowest BCUT2D eigenvalue weighted by molar-refractivity contribution is -0.379. The van der Waals surface area contributed by atoms with E-state index in [-0.39, 0.29) is 18.9 Å². The zero-order valence-corrected chi connectivity index (χ0v) is 62.4. The molecule has 19 nitrogen and oxygen atoms in total. The van der Waals surface area contributed by atoms with Crippen molar-refractivity contribution in [3.05, 3.63) is 60.8 Å². The lowest BCUT2D eigenvalue weighted by atomic mass is 9.96. The summed E-state index contributed by atoms with van der Waals surface area (Å²) in [4.78, 5) is 13.5. The Labute approximate surface area is 605 Å². The SMILES string of the molecule is CC/C=C\C/C=C\C/C=C\C/C=C\CCCCCCCCCCCCCCCCC(=O)NC(COC1OC(CO)C(OC2OC(CO)C(OC3OC(CO)C(O)C(O)C3O)C(O)C2O)C(O)C1O)C(O)/C=C/CCCCCCCCCCCCCCCCCCCCCCCCCCCC.